The first-order valence-corrected chi connectivity index (χ1v) is 8.37. The average molecular weight is 328 g/mol. The van der Waals surface area contributed by atoms with Gasteiger partial charge in [0.1, 0.15) is 5.69 Å². The van der Waals surface area contributed by atoms with E-state index in [1.807, 2.05) is 18.2 Å². The minimum Gasteiger partial charge on any atom is -0.396 e. The van der Waals surface area contributed by atoms with Crippen LogP contribution in [0.2, 0.25) is 0 Å². The molecule has 1 aliphatic rings. The first-order valence-electron chi connectivity index (χ1n) is 8.37. The van der Waals surface area contributed by atoms with Crippen LogP contribution in [0.25, 0.3) is 0 Å². The zero-order valence-corrected chi connectivity index (χ0v) is 14.0. The molecular formula is C18H24N4O2. The van der Waals surface area contributed by atoms with Gasteiger partial charge in [-0.25, -0.2) is 0 Å². The number of aliphatic hydroxyl groups is 1. The maximum atomic E-state index is 12.3. The van der Waals surface area contributed by atoms with Crippen LogP contribution in [-0.4, -0.2) is 45.4 Å². The molecule has 2 aromatic rings. The molecule has 0 aliphatic carbocycles. The number of aromatic nitrogens is 2. The van der Waals surface area contributed by atoms with Crippen LogP contribution < -0.4 is 5.32 Å². The van der Waals surface area contributed by atoms with Crippen LogP contribution in [0.1, 0.15) is 28.9 Å². The molecule has 0 atom stereocenters. The standard InChI is InChI=1S/C18H24N4O2/c1-21-17(5-8-19-21)18(24)20-16-4-2-3-15(11-16)12-22-9-6-14(13-23)7-10-22/h2-5,8,11,14,23H,6-7,9-10,12-13H2,1H3,(H,20,24). The Kier molecular flexibility index (Phi) is 5.27. The number of hydrogen-bond acceptors (Lipinski definition) is 4. The molecule has 1 amide bonds. The molecule has 6 heteroatoms. The molecule has 3 rings (SSSR count). The lowest BCUT2D eigenvalue weighted by atomic mass is 9.97. The number of likely N-dealkylation sites (tertiary alicyclic amines) is 1. The van der Waals surface area contributed by atoms with E-state index in [-0.39, 0.29) is 5.91 Å². The van der Waals surface area contributed by atoms with Crippen molar-refractivity contribution in [1.29, 1.82) is 0 Å². The Morgan fingerprint density at radius 2 is 2.12 bits per heavy atom. The van der Waals surface area contributed by atoms with Crippen LogP contribution in [0.4, 0.5) is 5.69 Å². The number of carbonyl (C=O) groups is 1. The molecule has 128 valence electrons. The summed E-state index contributed by atoms with van der Waals surface area (Å²) in [6.07, 6.45) is 3.71. The molecule has 1 saturated heterocycles. The van der Waals surface area contributed by atoms with Gasteiger partial charge in [-0.1, -0.05) is 12.1 Å². The third kappa shape index (κ3) is 4.01. The van der Waals surface area contributed by atoms with Crippen LogP contribution in [0.3, 0.4) is 0 Å². The lowest BCUT2D eigenvalue weighted by Gasteiger charge is -2.31. The number of piperidine rings is 1. The van der Waals surface area contributed by atoms with Crippen LogP contribution >= 0.6 is 0 Å². The van der Waals surface area contributed by atoms with Gasteiger partial charge in [-0.05, 0) is 55.6 Å². The quantitative estimate of drug-likeness (QED) is 0.879. The summed E-state index contributed by atoms with van der Waals surface area (Å²) in [5.41, 5.74) is 2.51. The van der Waals surface area contributed by atoms with E-state index >= 15 is 0 Å². The molecule has 0 radical (unpaired) electrons. The van der Waals surface area contributed by atoms with Crippen molar-refractivity contribution in [1.82, 2.24) is 14.7 Å². The predicted molar refractivity (Wildman–Crippen MR) is 92.7 cm³/mol. The average Bonchev–Trinajstić information content (AvgIpc) is 3.02. The fourth-order valence-electron chi connectivity index (χ4n) is 3.12. The van der Waals surface area contributed by atoms with Crippen LogP contribution in [0.15, 0.2) is 36.5 Å². The molecule has 2 heterocycles. The minimum atomic E-state index is -0.157. The van der Waals surface area contributed by atoms with Crippen molar-refractivity contribution >= 4 is 11.6 Å². The van der Waals surface area contributed by atoms with Crippen molar-refractivity contribution in [3.05, 3.63) is 47.8 Å². The molecule has 6 nitrogen and oxygen atoms in total. The highest BCUT2D eigenvalue weighted by molar-refractivity contribution is 6.03. The molecule has 0 bridgehead atoms. The van der Waals surface area contributed by atoms with Gasteiger partial charge < -0.3 is 10.4 Å². The van der Waals surface area contributed by atoms with E-state index in [0.29, 0.717) is 18.2 Å². The van der Waals surface area contributed by atoms with Gasteiger partial charge in [-0.2, -0.15) is 5.10 Å². The van der Waals surface area contributed by atoms with Crippen molar-refractivity contribution in [3.8, 4) is 0 Å². The number of carbonyl (C=O) groups excluding carboxylic acids is 1. The Balaban J connectivity index is 1.60. The number of benzene rings is 1. The summed E-state index contributed by atoms with van der Waals surface area (Å²) in [6.45, 7) is 3.19. The second kappa shape index (κ2) is 7.59. The molecule has 2 N–H and O–H groups in total. The number of rotatable bonds is 5. The van der Waals surface area contributed by atoms with Gasteiger partial charge in [0.25, 0.3) is 5.91 Å². The summed E-state index contributed by atoms with van der Waals surface area (Å²) in [4.78, 5) is 14.7. The van der Waals surface area contributed by atoms with E-state index in [4.69, 9.17) is 0 Å². The number of aliphatic hydroxyl groups excluding tert-OH is 1. The van der Waals surface area contributed by atoms with Crippen molar-refractivity contribution in [2.75, 3.05) is 25.0 Å². The Morgan fingerprint density at radius 3 is 2.79 bits per heavy atom. The van der Waals surface area contributed by atoms with E-state index in [9.17, 15) is 9.90 Å². The van der Waals surface area contributed by atoms with Crippen LogP contribution in [0, 0.1) is 5.92 Å². The van der Waals surface area contributed by atoms with Gasteiger partial charge in [-0.3, -0.25) is 14.4 Å². The number of aryl methyl sites for hydroxylation is 1. The topological polar surface area (TPSA) is 70.4 Å². The van der Waals surface area contributed by atoms with E-state index in [1.54, 1.807) is 24.0 Å². The van der Waals surface area contributed by atoms with Gasteiger partial charge in [0.15, 0.2) is 0 Å². The lowest BCUT2D eigenvalue weighted by molar-refractivity contribution is 0.101. The zero-order chi connectivity index (χ0) is 16.9. The molecule has 1 fully saturated rings. The minimum absolute atomic E-state index is 0.157. The molecule has 0 spiro atoms. The Morgan fingerprint density at radius 1 is 1.33 bits per heavy atom. The fraction of sp³-hybridized carbons (Fsp3) is 0.444. The number of hydrogen-bond donors (Lipinski definition) is 2. The zero-order valence-electron chi connectivity index (χ0n) is 14.0. The second-order valence-electron chi connectivity index (χ2n) is 6.40. The molecule has 0 saturated carbocycles. The van der Waals surface area contributed by atoms with Crippen molar-refractivity contribution in [3.63, 3.8) is 0 Å². The summed E-state index contributed by atoms with van der Waals surface area (Å²) in [5, 5.41) is 16.2. The fourth-order valence-corrected chi connectivity index (χ4v) is 3.12. The van der Waals surface area contributed by atoms with E-state index in [0.717, 1.165) is 38.2 Å². The maximum Gasteiger partial charge on any atom is 0.273 e. The Labute approximate surface area is 142 Å². The van der Waals surface area contributed by atoms with E-state index in [2.05, 4.69) is 21.4 Å². The highest BCUT2D eigenvalue weighted by atomic mass is 16.3. The summed E-state index contributed by atoms with van der Waals surface area (Å²) < 4.78 is 1.56. The van der Waals surface area contributed by atoms with Crippen molar-refractivity contribution < 1.29 is 9.90 Å². The second-order valence-corrected chi connectivity index (χ2v) is 6.40. The summed E-state index contributed by atoms with van der Waals surface area (Å²) in [5.74, 6) is 0.293. The molecule has 24 heavy (non-hydrogen) atoms. The molecule has 1 aliphatic heterocycles. The largest absolute Gasteiger partial charge is 0.396 e. The monoisotopic (exact) mass is 328 g/mol. The molecule has 1 aromatic carbocycles. The number of anilines is 1. The maximum absolute atomic E-state index is 12.3. The first-order chi connectivity index (χ1) is 11.7. The van der Waals surface area contributed by atoms with Gasteiger partial charge in [0, 0.05) is 32.1 Å². The van der Waals surface area contributed by atoms with Gasteiger partial charge in [0.05, 0.1) is 0 Å². The molecule has 1 aromatic heterocycles. The number of nitrogens with one attached hydrogen (secondary N) is 1. The molecule has 0 unspecified atom stereocenters. The van der Waals surface area contributed by atoms with E-state index in [1.165, 1.54) is 5.56 Å². The van der Waals surface area contributed by atoms with Crippen molar-refractivity contribution in [2.45, 2.75) is 19.4 Å². The number of amides is 1. The highest BCUT2D eigenvalue weighted by Gasteiger charge is 2.18. The SMILES string of the molecule is Cn1nccc1C(=O)Nc1cccc(CN2CCC(CO)CC2)c1. The van der Waals surface area contributed by atoms with Crippen molar-refractivity contribution in [2.24, 2.45) is 13.0 Å². The predicted octanol–water partition coefficient (Wildman–Crippen LogP) is 1.88. The van der Waals surface area contributed by atoms with Gasteiger partial charge >= 0.3 is 0 Å². The Bertz CT molecular complexity index is 690. The summed E-state index contributed by atoms with van der Waals surface area (Å²) >= 11 is 0. The first kappa shape index (κ1) is 16.7. The number of nitrogens with zero attached hydrogens (tertiary/aromatic N) is 3. The third-order valence-corrected chi connectivity index (χ3v) is 4.61. The third-order valence-electron chi connectivity index (χ3n) is 4.61. The van der Waals surface area contributed by atoms with Crippen LogP contribution in [0.5, 0.6) is 0 Å². The summed E-state index contributed by atoms with van der Waals surface area (Å²) in [6, 6.07) is 9.67. The molecular weight excluding hydrogens is 304 g/mol. The highest BCUT2D eigenvalue weighted by Crippen LogP contribution is 2.20. The van der Waals surface area contributed by atoms with Crippen LogP contribution in [-0.2, 0) is 13.6 Å². The van der Waals surface area contributed by atoms with E-state index < -0.39 is 0 Å². The van der Waals surface area contributed by atoms with Gasteiger partial charge in [-0.15, -0.1) is 0 Å². The normalized spacial score (nSPS) is 16.2. The summed E-state index contributed by atoms with van der Waals surface area (Å²) in [7, 11) is 1.75. The Hall–Kier alpha value is -2.18. The lowest BCUT2D eigenvalue weighted by Crippen LogP contribution is -2.34. The smallest absolute Gasteiger partial charge is 0.273 e. The van der Waals surface area contributed by atoms with Gasteiger partial charge in [0.2, 0.25) is 0 Å².